The predicted octanol–water partition coefficient (Wildman–Crippen LogP) is 5.15. The van der Waals surface area contributed by atoms with Crippen LogP contribution in [0.3, 0.4) is 0 Å². The molecule has 0 aromatic heterocycles. The second-order valence-corrected chi connectivity index (χ2v) is 5.66. The molecule has 0 spiro atoms. The van der Waals surface area contributed by atoms with Crippen LogP contribution in [0.5, 0.6) is 5.75 Å². The molecule has 3 rings (SSSR count). The Bertz CT molecular complexity index is 893. The van der Waals surface area contributed by atoms with Gasteiger partial charge in [-0.15, -0.1) is 0 Å². The van der Waals surface area contributed by atoms with E-state index in [4.69, 9.17) is 11.6 Å². The lowest BCUT2D eigenvalue weighted by atomic mass is 10.1. The highest BCUT2D eigenvalue weighted by Crippen LogP contribution is 2.27. The van der Waals surface area contributed by atoms with Gasteiger partial charge in [0.25, 0.3) is 0 Å². The number of anilines is 2. The number of aryl methyl sites for hydroxylation is 1. The standard InChI is InChI=1S/C18H15ClN2O2/c1-11-5-7-13(9-16(11)19)20-18(23)21-17-4-2-3-12-6-8-14(22)10-15(12)17/h2-10,22H,1H3,(H2,20,21,23). The zero-order valence-corrected chi connectivity index (χ0v) is 13.2. The molecule has 0 heterocycles. The van der Waals surface area contributed by atoms with Crippen LogP contribution in [0.2, 0.25) is 5.02 Å². The second kappa shape index (κ2) is 6.18. The van der Waals surface area contributed by atoms with Gasteiger partial charge in [0.2, 0.25) is 0 Å². The maximum absolute atomic E-state index is 12.2. The van der Waals surface area contributed by atoms with Gasteiger partial charge in [0.15, 0.2) is 0 Å². The van der Waals surface area contributed by atoms with Gasteiger partial charge in [0, 0.05) is 16.1 Å². The molecule has 4 nitrogen and oxygen atoms in total. The van der Waals surface area contributed by atoms with E-state index in [9.17, 15) is 9.90 Å². The molecule has 116 valence electrons. The smallest absolute Gasteiger partial charge is 0.323 e. The lowest BCUT2D eigenvalue weighted by Crippen LogP contribution is -2.19. The summed E-state index contributed by atoms with van der Waals surface area (Å²) in [5, 5.41) is 17.5. The van der Waals surface area contributed by atoms with Gasteiger partial charge in [0.05, 0.1) is 5.69 Å². The molecule has 0 atom stereocenters. The van der Waals surface area contributed by atoms with E-state index >= 15 is 0 Å². The fraction of sp³-hybridized carbons (Fsp3) is 0.0556. The van der Waals surface area contributed by atoms with E-state index in [0.717, 1.165) is 16.3 Å². The monoisotopic (exact) mass is 326 g/mol. The largest absolute Gasteiger partial charge is 0.508 e. The average molecular weight is 327 g/mol. The van der Waals surface area contributed by atoms with Gasteiger partial charge in [0.1, 0.15) is 5.75 Å². The van der Waals surface area contributed by atoms with Crippen molar-refractivity contribution in [2.45, 2.75) is 6.92 Å². The van der Waals surface area contributed by atoms with Crippen LogP contribution in [-0.2, 0) is 0 Å². The first kappa shape index (κ1) is 15.2. The van der Waals surface area contributed by atoms with Crippen LogP contribution in [0.15, 0.2) is 54.6 Å². The first-order valence-electron chi connectivity index (χ1n) is 7.09. The number of hydrogen-bond acceptors (Lipinski definition) is 2. The Morgan fingerprint density at radius 3 is 2.65 bits per heavy atom. The SMILES string of the molecule is Cc1ccc(NC(=O)Nc2cccc3ccc(O)cc23)cc1Cl. The molecule has 0 saturated heterocycles. The van der Waals surface area contributed by atoms with Crippen molar-refractivity contribution in [3.63, 3.8) is 0 Å². The summed E-state index contributed by atoms with van der Waals surface area (Å²) in [5.74, 6) is 0.150. The van der Waals surface area contributed by atoms with Crippen LogP contribution in [0.4, 0.5) is 16.2 Å². The zero-order chi connectivity index (χ0) is 16.4. The Kier molecular flexibility index (Phi) is 4.08. The molecular formula is C18H15ClN2O2. The number of amides is 2. The van der Waals surface area contributed by atoms with Crippen molar-refractivity contribution < 1.29 is 9.90 Å². The summed E-state index contributed by atoms with van der Waals surface area (Å²) in [6.07, 6.45) is 0. The summed E-state index contributed by atoms with van der Waals surface area (Å²) in [5.41, 5.74) is 2.18. The molecule has 3 N–H and O–H groups in total. The minimum Gasteiger partial charge on any atom is -0.508 e. The Morgan fingerprint density at radius 2 is 1.87 bits per heavy atom. The van der Waals surface area contributed by atoms with Crippen molar-refractivity contribution in [2.75, 3.05) is 10.6 Å². The maximum atomic E-state index is 12.2. The molecule has 0 unspecified atom stereocenters. The topological polar surface area (TPSA) is 61.4 Å². The molecule has 0 aliphatic carbocycles. The number of hydrogen-bond donors (Lipinski definition) is 3. The van der Waals surface area contributed by atoms with Crippen LogP contribution >= 0.6 is 11.6 Å². The Hall–Kier alpha value is -2.72. The third kappa shape index (κ3) is 3.38. The van der Waals surface area contributed by atoms with Gasteiger partial charge in [-0.1, -0.05) is 35.9 Å². The minimum atomic E-state index is -0.374. The lowest BCUT2D eigenvalue weighted by Gasteiger charge is -2.11. The van der Waals surface area contributed by atoms with Crippen molar-refractivity contribution in [2.24, 2.45) is 0 Å². The first-order valence-corrected chi connectivity index (χ1v) is 7.46. The predicted molar refractivity (Wildman–Crippen MR) is 94.4 cm³/mol. The summed E-state index contributed by atoms with van der Waals surface area (Å²) in [4.78, 5) is 12.2. The van der Waals surface area contributed by atoms with Crippen molar-refractivity contribution in [3.05, 3.63) is 65.2 Å². The number of aromatic hydroxyl groups is 1. The third-order valence-corrected chi connectivity index (χ3v) is 3.95. The normalized spacial score (nSPS) is 10.5. The van der Waals surface area contributed by atoms with E-state index in [2.05, 4.69) is 10.6 Å². The molecule has 0 bridgehead atoms. The van der Waals surface area contributed by atoms with Gasteiger partial charge in [-0.05, 0) is 48.2 Å². The quantitative estimate of drug-likeness (QED) is 0.609. The Balaban J connectivity index is 1.82. The molecule has 0 radical (unpaired) electrons. The van der Waals surface area contributed by atoms with Crippen LogP contribution in [0.25, 0.3) is 10.8 Å². The molecular weight excluding hydrogens is 312 g/mol. The van der Waals surface area contributed by atoms with E-state index in [1.54, 1.807) is 36.4 Å². The fourth-order valence-corrected chi connectivity index (χ4v) is 2.51. The summed E-state index contributed by atoms with van der Waals surface area (Å²) in [6.45, 7) is 1.90. The molecule has 0 aliphatic rings. The summed E-state index contributed by atoms with van der Waals surface area (Å²) in [6, 6.07) is 15.5. The number of phenolic OH excluding ortho intramolecular Hbond substituents is 1. The van der Waals surface area contributed by atoms with Crippen molar-refractivity contribution in [1.82, 2.24) is 0 Å². The average Bonchev–Trinajstić information content (AvgIpc) is 2.51. The highest BCUT2D eigenvalue weighted by atomic mass is 35.5. The van der Waals surface area contributed by atoms with Crippen LogP contribution in [-0.4, -0.2) is 11.1 Å². The summed E-state index contributed by atoms with van der Waals surface area (Å²) < 4.78 is 0. The molecule has 3 aromatic rings. The van der Waals surface area contributed by atoms with E-state index in [0.29, 0.717) is 16.4 Å². The number of fused-ring (bicyclic) bond motifs is 1. The summed E-state index contributed by atoms with van der Waals surface area (Å²) >= 11 is 6.05. The number of urea groups is 1. The number of nitrogens with one attached hydrogen (secondary N) is 2. The minimum absolute atomic E-state index is 0.150. The van der Waals surface area contributed by atoms with Gasteiger partial charge in [-0.25, -0.2) is 4.79 Å². The van der Waals surface area contributed by atoms with E-state index in [-0.39, 0.29) is 11.8 Å². The van der Waals surface area contributed by atoms with E-state index in [1.807, 2.05) is 25.1 Å². The van der Waals surface area contributed by atoms with Gasteiger partial charge in [-0.3, -0.25) is 0 Å². The van der Waals surface area contributed by atoms with Gasteiger partial charge >= 0.3 is 6.03 Å². The van der Waals surface area contributed by atoms with Crippen LogP contribution in [0.1, 0.15) is 5.56 Å². The highest BCUT2D eigenvalue weighted by Gasteiger charge is 2.07. The van der Waals surface area contributed by atoms with Crippen molar-refractivity contribution in [1.29, 1.82) is 0 Å². The van der Waals surface area contributed by atoms with Crippen molar-refractivity contribution in [3.8, 4) is 5.75 Å². The number of carbonyl (C=O) groups is 1. The molecule has 0 saturated carbocycles. The Labute approximate surface area is 138 Å². The lowest BCUT2D eigenvalue weighted by molar-refractivity contribution is 0.262. The number of phenols is 1. The number of rotatable bonds is 2. The summed E-state index contributed by atoms with van der Waals surface area (Å²) in [7, 11) is 0. The highest BCUT2D eigenvalue weighted by molar-refractivity contribution is 6.31. The van der Waals surface area contributed by atoms with Crippen LogP contribution in [0, 0.1) is 6.92 Å². The van der Waals surface area contributed by atoms with E-state index < -0.39 is 0 Å². The number of halogens is 1. The van der Waals surface area contributed by atoms with Crippen molar-refractivity contribution >= 4 is 39.8 Å². The van der Waals surface area contributed by atoms with Gasteiger partial charge < -0.3 is 15.7 Å². The zero-order valence-electron chi connectivity index (χ0n) is 12.4. The van der Waals surface area contributed by atoms with Gasteiger partial charge in [-0.2, -0.15) is 0 Å². The number of benzene rings is 3. The molecule has 3 aromatic carbocycles. The number of carbonyl (C=O) groups excluding carboxylic acids is 1. The Morgan fingerprint density at radius 1 is 1.04 bits per heavy atom. The fourth-order valence-electron chi connectivity index (χ4n) is 2.32. The van der Waals surface area contributed by atoms with E-state index in [1.165, 1.54) is 0 Å². The third-order valence-electron chi connectivity index (χ3n) is 3.54. The van der Waals surface area contributed by atoms with Crippen LogP contribution < -0.4 is 10.6 Å². The molecule has 2 amide bonds. The molecule has 5 heteroatoms. The molecule has 23 heavy (non-hydrogen) atoms. The molecule has 0 fully saturated rings. The first-order chi connectivity index (χ1) is 11.0. The maximum Gasteiger partial charge on any atom is 0.323 e. The second-order valence-electron chi connectivity index (χ2n) is 5.25. The molecule has 0 aliphatic heterocycles.